The number of nitrogens with zero attached hydrogens (tertiary/aromatic N) is 4. The van der Waals surface area contributed by atoms with Crippen LogP contribution in [0.2, 0.25) is 0 Å². The zero-order valence-electron chi connectivity index (χ0n) is 19.5. The maximum absolute atomic E-state index is 6.14. The highest BCUT2D eigenvalue weighted by Crippen LogP contribution is 2.34. The van der Waals surface area contributed by atoms with Crippen LogP contribution in [-0.4, -0.2) is 53.1 Å². The molecule has 2 aromatic carbocycles. The molecule has 2 aromatic heterocycles. The summed E-state index contributed by atoms with van der Waals surface area (Å²) in [5, 5.41) is 2.15. The molecule has 170 valence electrons. The summed E-state index contributed by atoms with van der Waals surface area (Å²) in [4.78, 5) is 14.4. The predicted molar refractivity (Wildman–Crippen MR) is 130 cm³/mol. The molecule has 33 heavy (non-hydrogen) atoms. The molecule has 0 radical (unpaired) electrons. The molecule has 5 rings (SSSR count). The lowest BCUT2D eigenvalue weighted by molar-refractivity contribution is 0.119. The Morgan fingerprint density at radius 3 is 2.24 bits per heavy atom. The van der Waals surface area contributed by atoms with Crippen molar-refractivity contribution in [1.29, 1.82) is 0 Å². The number of aryl methyl sites for hydroxylation is 2. The summed E-state index contributed by atoms with van der Waals surface area (Å²) in [6.45, 7) is 9.95. The van der Waals surface area contributed by atoms with Gasteiger partial charge in [-0.15, -0.1) is 0 Å². The van der Waals surface area contributed by atoms with E-state index in [1.807, 2.05) is 43.5 Å². The zero-order valence-corrected chi connectivity index (χ0v) is 19.5. The standard InChI is InChI=1S/C27H30N4O2/c1-19-7-6-12-28-24(19)17-30-13-15-31(16-14-30)18-25-20(2)33-27(29-25)23-10-11-26(32-3)22-9-5-4-8-21(22)23/h4-12H,13-18H2,1-3H3. The van der Waals surface area contributed by atoms with E-state index in [4.69, 9.17) is 14.1 Å². The van der Waals surface area contributed by atoms with E-state index in [9.17, 15) is 0 Å². The second-order valence-electron chi connectivity index (χ2n) is 8.70. The number of pyridine rings is 1. The number of benzene rings is 2. The normalized spacial score (nSPS) is 15.2. The lowest BCUT2D eigenvalue weighted by atomic mass is 10.0. The Labute approximate surface area is 194 Å². The molecule has 0 bridgehead atoms. The van der Waals surface area contributed by atoms with Crippen LogP contribution < -0.4 is 4.74 Å². The van der Waals surface area contributed by atoms with Gasteiger partial charge in [0.1, 0.15) is 11.5 Å². The Morgan fingerprint density at radius 1 is 0.848 bits per heavy atom. The number of hydrogen-bond donors (Lipinski definition) is 0. The smallest absolute Gasteiger partial charge is 0.227 e. The molecule has 0 saturated carbocycles. The quantitative estimate of drug-likeness (QED) is 0.426. The van der Waals surface area contributed by atoms with Crippen LogP contribution in [0.15, 0.2) is 59.1 Å². The summed E-state index contributed by atoms with van der Waals surface area (Å²) < 4.78 is 11.7. The monoisotopic (exact) mass is 442 g/mol. The van der Waals surface area contributed by atoms with E-state index >= 15 is 0 Å². The maximum atomic E-state index is 6.14. The van der Waals surface area contributed by atoms with Gasteiger partial charge in [-0.2, -0.15) is 0 Å². The largest absolute Gasteiger partial charge is 0.496 e. The molecule has 0 amide bonds. The molecule has 1 fully saturated rings. The van der Waals surface area contributed by atoms with E-state index in [0.29, 0.717) is 5.89 Å². The molecule has 0 N–H and O–H groups in total. The van der Waals surface area contributed by atoms with Gasteiger partial charge in [0.05, 0.1) is 18.5 Å². The molecule has 3 heterocycles. The minimum atomic E-state index is 0.672. The SMILES string of the molecule is COc1ccc(-c2nc(CN3CCN(Cc4ncccc4C)CC3)c(C)o2)c2ccccc12. The van der Waals surface area contributed by atoms with Gasteiger partial charge in [-0.3, -0.25) is 14.8 Å². The van der Waals surface area contributed by atoms with Crippen molar-refractivity contribution in [2.75, 3.05) is 33.3 Å². The van der Waals surface area contributed by atoms with E-state index in [0.717, 1.165) is 72.8 Å². The van der Waals surface area contributed by atoms with E-state index < -0.39 is 0 Å². The molecule has 0 spiro atoms. The Balaban J connectivity index is 1.28. The van der Waals surface area contributed by atoms with E-state index in [-0.39, 0.29) is 0 Å². The summed E-state index contributed by atoms with van der Waals surface area (Å²) in [5.74, 6) is 2.42. The van der Waals surface area contributed by atoms with E-state index in [2.05, 4.69) is 39.9 Å². The Bertz CT molecular complexity index is 1260. The van der Waals surface area contributed by atoms with Crippen molar-refractivity contribution in [3.05, 3.63) is 77.4 Å². The highest BCUT2D eigenvalue weighted by Gasteiger charge is 2.21. The van der Waals surface area contributed by atoms with Crippen molar-refractivity contribution in [2.24, 2.45) is 0 Å². The molecule has 0 unspecified atom stereocenters. The molecule has 6 heteroatoms. The third-order valence-corrected chi connectivity index (χ3v) is 6.56. The second-order valence-corrected chi connectivity index (χ2v) is 8.70. The van der Waals surface area contributed by atoms with Gasteiger partial charge in [-0.25, -0.2) is 4.98 Å². The van der Waals surface area contributed by atoms with Crippen molar-refractivity contribution in [3.63, 3.8) is 0 Å². The first-order valence-corrected chi connectivity index (χ1v) is 11.5. The summed E-state index contributed by atoms with van der Waals surface area (Å²) in [6.07, 6.45) is 1.88. The Hall–Kier alpha value is -3.22. The molecule has 0 aliphatic carbocycles. The number of rotatable bonds is 6. The molecule has 1 saturated heterocycles. The van der Waals surface area contributed by atoms with Crippen molar-refractivity contribution in [1.82, 2.24) is 19.8 Å². The number of methoxy groups -OCH3 is 1. The first-order chi connectivity index (χ1) is 16.1. The number of oxazole rings is 1. The van der Waals surface area contributed by atoms with Gasteiger partial charge >= 0.3 is 0 Å². The minimum absolute atomic E-state index is 0.672. The van der Waals surface area contributed by atoms with Gasteiger partial charge in [-0.05, 0) is 43.0 Å². The minimum Gasteiger partial charge on any atom is -0.496 e. The van der Waals surface area contributed by atoms with Crippen molar-refractivity contribution in [2.45, 2.75) is 26.9 Å². The van der Waals surface area contributed by atoms with Crippen LogP contribution >= 0.6 is 0 Å². The van der Waals surface area contributed by atoms with Gasteiger partial charge in [-0.1, -0.05) is 30.3 Å². The van der Waals surface area contributed by atoms with Crippen LogP contribution in [0.5, 0.6) is 5.75 Å². The molecule has 4 aromatic rings. The third-order valence-electron chi connectivity index (χ3n) is 6.56. The first kappa shape index (κ1) is 21.6. The average Bonchev–Trinajstić information content (AvgIpc) is 3.20. The Morgan fingerprint density at radius 2 is 1.55 bits per heavy atom. The molecule has 0 atom stereocenters. The highest BCUT2D eigenvalue weighted by molar-refractivity contribution is 5.98. The van der Waals surface area contributed by atoms with Crippen molar-refractivity contribution in [3.8, 4) is 17.2 Å². The number of fused-ring (bicyclic) bond motifs is 1. The summed E-state index contributed by atoms with van der Waals surface area (Å²) in [7, 11) is 1.70. The molecule has 1 aliphatic rings. The lowest BCUT2D eigenvalue weighted by Gasteiger charge is -2.34. The lowest BCUT2D eigenvalue weighted by Crippen LogP contribution is -2.45. The number of ether oxygens (including phenoxy) is 1. The molecule has 6 nitrogen and oxygen atoms in total. The van der Waals surface area contributed by atoms with Crippen molar-refractivity contribution >= 4 is 10.8 Å². The van der Waals surface area contributed by atoms with Gasteiger partial charge in [0.25, 0.3) is 0 Å². The molecular formula is C27H30N4O2. The van der Waals surface area contributed by atoms with Gasteiger partial charge in [0, 0.05) is 56.4 Å². The Kier molecular flexibility index (Phi) is 6.11. The van der Waals surface area contributed by atoms with E-state index in [1.54, 1.807) is 7.11 Å². The summed E-state index contributed by atoms with van der Waals surface area (Å²) >= 11 is 0. The van der Waals surface area contributed by atoms with Gasteiger partial charge in [0.2, 0.25) is 5.89 Å². The van der Waals surface area contributed by atoms with Crippen LogP contribution in [0.1, 0.15) is 22.7 Å². The average molecular weight is 443 g/mol. The second kappa shape index (κ2) is 9.33. The fraction of sp³-hybridized carbons (Fsp3) is 0.333. The number of hydrogen-bond acceptors (Lipinski definition) is 6. The fourth-order valence-electron chi connectivity index (χ4n) is 4.54. The zero-order chi connectivity index (χ0) is 22.8. The van der Waals surface area contributed by atoms with Crippen LogP contribution in [0.4, 0.5) is 0 Å². The summed E-state index contributed by atoms with van der Waals surface area (Å²) in [5.41, 5.74) is 4.45. The van der Waals surface area contributed by atoms with Crippen LogP contribution in [0, 0.1) is 13.8 Å². The van der Waals surface area contributed by atoms with E-state index in [1.165, 1.54) is 11.3 Å². The number of aromatic nitrogens is 2. The fourth-order valence-corrected chi connectivity index (χ4v) is 4.54. The maximum Gasteiger partial charge on any atom is 0.227 e. The predicted octanol–water partition coefficient (Wildman–Crippen LogP) is 4.83. The topological polar surface area (TPSA) is 54.6 Å². The van der Waals surface area contributed by atoms with Crippen molar-refractivity contribution < 1.29 is 9.15 Å². The summed E-state index contributed by atoms with van der Waals surface area (Å²) in [6, 6.07) is 16.4. The van der Waals surface area contributed by atoms with Crippen LogP contribution in [-0.2, 0) is 13.1 Å². The molecule has 1 aliphatic heterocycles. The molecular weight excluding hydrogens is 412 g/mol. The van der Waals surface area contributed by atoms with Gasteiger partial charge < -0.3 is 9.15 Å². The highest BCUT2D eigenvalue weighted by atomic mass is 16.5. The third kappa shape index (κ3) is 4.49. The number of piperazine rings is 1. The van der Waals surface area contributed by atoms with Gasteiger partial charge in [0.15, 0.2) is 0 Å². The van der Waals surface area contributed by atoms with Crippen LogP contribution in [0.25, 0.3) is 22.2 Å². The van der Waals surface area contributed by atoms with Crippen LogP contribution in [0.3, 0.4) is 0 Å². The first-order valence-electron chi connectivity index (χ1n) is 11.5.